The van der Waals surface area contributed by atoms with Crippen molar-refractivity contribution >= 4 is 28.8 Å². The van der Waals surface area contributed by atoms with Crippen LogP contribution in [0.5, 0.6) is 0 Å². The van der Waals surface area contributed by atoms with Crippen LogP contribution in [-0.4, -0.2) is 12.3 Å². The maximum Gasteiger partial charge on any atom is 0.161 e. The van der Waals surface area contributed by atoms with E-state index in [1.54, 1.807) is 12.1 Å². The standard InChI is InChI=1S/C16H13ClFNO/c1-10(20)14-5-4-13(9-15(14)17)19-7-6-11-2-3-12(18)8-16(11)19/h2-5,8-9H,6-7H2,1H3. The number of ketones is 1. The van der Waals surface area contributed by atoms with Crippen molar-refractivity contribution in [3.05, 3.63) is 58.4 Å². The summed E-state index contributed by atoms with van der Waals surface area (Å²) in [5, 5.41) is 0.430. The molecule has 0 radical (unpaired) electrons. The van der Waals surface area contributed by atoms with Crippen LogP contribution in [0, 0.1) is 5.82 Å². The Bertz CT molecular complexity index is 699. The molecule has 2 nitrogen and oxygen atoms in total. The molecule has 0 aliphatic carbocycles. The molecule has 0 atom stereocenters. The molecule has 0 spiro atoms. The van der Waals surface area contributed by atoms with Crippen LogP contribution in [-0.2, 0) is 6.42 Å². The molecule has 0 saturated heterocycles. The summed E-state index contributed by atoms with van der Waals surface area (Å²) >= 11 is 6.14. The number of rotatable bonds is 2. The smallest absolute Gasteiger partial charge is 0.161 e. The minimum Gasteiger partial charge on any atom is -0.341 e. The highest BCUT2D eigenvalue weighted by atomic mass is 35.5. The SMILES string of the molecule is CC(=O)c1ccc(N2CCc3ccc(F)cc32)cc1Cl. The van der Waals surface area contributed by atoms with Crippen molar-refractivity contribution in [2.24, 2.45) is 0 Å². The Morgan fingerprint density at radius 3 is 2.75 bits per heavy atom. The van der Waals surface area contributed by atoms with E-state index >= 15 is 0 Å². The molecule has 3 rings (SSSR count). The van der Waals surface area contributed by atoms with Gasteiger partial charge < -0.3 is 4.90 Å². The van der Waals surface area contributed by atoms with Gasteiger partial charge in [0.1, 0.15) is 5.82 Å². The van der Waals surface area contributed by atoms with Gasteiger partial charge in [0.05, 0.1) is 5.02 Å². The fourth-order valence-corrected chi connectivity index (χ4v) is 2.89. The van der Waals surface area contributed by atoms with Crippen LogP contribution in [0.4, 0.5) is 15.8 Å². The Labute approximate surface area is 121 Å². The van der Waals surface area contributed by atoms with E-state index in [4.69, 9.17) is 11.6 Å². The lowest BCUT2D eigenvalue weighted by Crippen LogP contribution is -2.13. The van der Waals surface area contributed by atoms with Crippen LogP contribution in [0.15, 0.2) is 36.4 Å². The fraction of sp³-hybridized carbons (Fsp3) is 0.188. The number of anilines is 2. The van der Waals surface area contributed by atoms with Gasteiger partial charge in [-0.25, -0.2) is 4.39 Å². The van der Waals surface area contributed by atoms with Crippen LogP contribution in [0.25, 0.3) is 0 Å². The Hall–Kier alpha value is -1.87. The van der Waals surface area contributed by atoms with Crippen LogP contribution >= 0.6 is 11.6 Å². The first-order chi connectivity index (χ1) is 9.56. The summed E-state index contributed by atoms with van der Waals surface area (Å²) in [5.74, 6) is -0.309. The van der Waals surface area contributed by atoms with E-state index in [0.717, 1.165) is 29.9 Å². The second-order valence-electron chi connectivity index (χ2n) is 4.90. The summed E-state index contributed by atoms with van der Waals surface area (Å²) in [6, 6.07) is 10.2. The molecule has 0 aromatic heterocycles. The number of nitrogens with zero attached hydrogens (tertiary/aromatic N) is 1. The highest BCUT2D eigenvalue weighted by Crippen LogP contribution is 2.36. The van der Waals surface area contributed by atoms with E-state index in [1.165, 1.54) is 19.1 Å². The molecule has 2 aromatic carbocycles. The van der Waals surface area contributed by atoms with Gasteiger partial charge in [0.15, 0.2) is 5.78 Å². The molecule has 0 N–H and O–H groups in total. The van der Waals surface area contributed by atoms with Crippen LogP contribution < -0.4 is 4.90 Å². The predicted molar refractivity (Wildman–Crippen MR) is 78.6 cm³/mol. The van der Waals surface area contributed by atoms with Gasteiger partial charge in [-0.15, -0.1) is 0 Å². The summed E-state index contributed by atoms with van der Waals surface area (Å²) < 4.78 is 13.4. The molecule has 1 aliphatic rings. The molecule has 0 fully saturated rings. The van der Waals surface area contributed by atoms with Crippen molar-refractivity contribution in [1.82, 2.24) is 0 Å². The third-order valence-electron chi connectivity index (χ3n) is 3.59. The molecular formula is C16H13ClFNO. The quantitative estimate of drug-likeness (QED) is 0.765. The summed E-state index contributed by atoms with van der Waals surface area (Å²) in [5.41, 5.74) is 3.38. The molecule has 20 heavy (non-hydrogen) atoms. The Morgan fingerprint density at radius 2 is 2.05 bits per heavy atom. The van der Waals surface area contributed by atoms with E-state index in [1.807, 2.05) is 17.0 Å². The van der Waals surface area contributed by atoms with E-state index in [2.05, 4.69) is 0 Å². The average molecular weight is 290 g/mol. The second kappa shape index (κ2) is 4.91. The van der Waals surface area contributed by atoms with Gasteiger partial charge >= 0.3 is 0 Å². The number of Topliss-reactive ketones (excluding diaryl/α,β-unsaturated/α-hetero) is 1. The largest absolute Gasteiger partial charge is 0.341 e. The number of carbonyl (C=O) groups excluding carboxylic acids is 1. The topological polar surface area (TPSA) is 20.3 Å². The van der Waals surface area contributed by atoms with Gasteiger partial charge in [-0.3, -0.25) is 4.79 Å². The fourth-order valence-electron chi connectivity index (χ4n) is 2.58. The van der Waals surface area contributed by atoms with Crippen molar-refractivity contribution in [1.29, 1.82) is 0 Å². The number of carbonyl (C=O) groups is 1. The van der Waals surface area contributed by atoms with Crippen LogP contribution in [0.1, 0.15) is 22.8 Å². The van der Waals surface area contributed by atoms with Crippen molar-refractivity contribution in [3.63, 3.8) is 0 Å². The molecule has 102 valence electrons. The molecule has 1 aliphatic heterocycles. The summed E-state index contributed by atoms with van der Waals surface area (Å²) in [4.78, 5) is 13.4. The number of halogens is 2. The molecule has 0 amide bonds. The number of benzene rings is 2. The first-order valence-electron chi connectivity index (χ1n) is 6.43. The van der Waals surface area contributed by atoms with Crippen molar-refractivity contribution in [2.75, 3.05) is 11.4 Å². The van der Waals surface area contributed by atoms with Gasteiger partial charge in [0.25, 0.3) is 0 Å². The van der Waals surface area contributed by atoms with E-state index in [0.29, 0.717) is 10.6 Å². The maximum absolute atomic E-state index is 13.4. The molecule has 0 unspecified atom stereocenters. The number of hydrogen-bond donors (Lipinski definition) is 0. The van der Waals surface area contributed by atoms with E-state index < -0.39 is 0 Å². The molecule has 4 heteroatoms. The third kappa shape index (κ3) is 2.18. The van der Waals surface area contributed by atoms with Crippen molar-refractivity contribution in [3.8, 4) is 0 Å². The zero-order valence-corrected chi connectivity index (χ0v) is 11.7. The summed E-state index contributed by atoms with van der Waals surface area (Å²) in [7, 11) is 0. The van der Waals surface area contributed by atoms with Gasteiger partial charge in [-0.2, -0.15) is 0 Å². The van der Waals surface area contributed by atoms with E-state index in [-0.39, 0.29) is 11.6 Å². The van der Waals surface area contributed by atoms with Crippen LogP contribution in [0.3, 0.4) is 0 Å². The Kier molecular flexibility index (Phi) is 3.22. The molecule has 1 heterocycles. The minimum absolute atomic E-state index is 0.0607. The zero-order chi connectivity index (χ0) is 14.3. The van der Waals surface area contributed by atoms with Crippen molar-refractivity contribution in [2.45, 2.75) is 13.3 Å². The number of hydrogen-bond acceptors (Lipinski definition) is 2. The lowest BCUT2D eigenvalue weighted by molar-refractivity contribution is 0.101. The Morgan fingerprint density at radius 1 is 1.25 bits per heavy atom. The Balaban J connectivity index is 2.02. The van der Waals surface area contributed by atoms with Gasteiger partial charge in [-0.1, -0.05) is 17.7 Å². The van der Waals surface area contributed by atoms with Gasteiger partial charge in [-0.05, 0) is 49.2 Å². The van der Waals surface area contributed by atoms with Crippen molar-refractivity contribution < 1.29 is 9.18 Å². The molecular weight excluding hydrogens is 277 g/mol. The second-order valence-corrected chi connectivity index (χ2v) is 5.30. The highest BCUT2D eigenvalue weighted by molar-refractivity contribution is 6.34. The molecule has 0 saturated carbocycles. The van der Waals surface area contributed by atoms with Crippen LogP contribution in [0.2, 0.25) is 5.02 Å². The summed E-state index contributed by atoms with van der Waals surface area (Å²) in [6.45, 7) is 2.27. The maximum atomic E-state index is 13.4. The van der Waals surface area contributed by atoms with E-state index in [9.17, 15) is 9.18 Å². The zero-order valence-electron chi connectivity index (χ0n) is 11.0. The first kappa shape index (κ1) is 13.1. The predicted octanol–water partition coefficient (Wildman–Crippen LogP) is 4.38. The average Bonchev–Trinajstić information content (AvgIpc) is 2.81. The van der Waals surface area contributed by atoms with Gasteiger partial charge in [0.2, 0.25) is 0 Å². The molecule has 0 bridgehead atoms. The normalized spacial score (nSPS) is 13.4. The highest BCUT2D eigenvalue weighted by Gasteiger charge is 2.21. The molecule has 2 aromatic rings. The lowest BCUT2D eigenvalue weighted by Gasteiger charge is -2.20. The van der Waals surface area contributed by atoms with Gasteiger partial charge in [0, 0.05) is 23.5 Å². The minimum atomic E-state index is -0.248. The first-order valence-corrected chi connectivity index (χ1v) is 6.80. The third-order valence-corrected chi connectivity index (χ3v) is 3.90. The lowest BCUT2D eigenvalue weighted by atomic mass is 10.1. The summed E-state index contributed by atoms with van der Waals surface area (Å²) in [6.07, 6.45) is 0.877. The number of fused-ring (bicyclic) bond motifs is 1. The monoisotopic (exact) mass is 289 g/mol.